The minimum absolute atomic E-state index is 0.0112. The molecule has 0 saturated carbocycles. The van der Waals surface area contributed by atoms with Crippen molar-refractivity contribution >= 4 is 23.5 Å². The number of carbonyl (C=O) groups excluding carboxylic acids is 3. The zero-order valence-corrected chi connectivity index (χ0v) is 16.8. The van der Waals surface area contributed by atoms with E-state index in [-0.39, 0.29) is 24.3 Å². The van der Waals surface area contributed by atoms with Crippen molar-refractivity contribution in [3.05, 3.63) is 65.7 Å². The Morgan fingerprint density at radius 1 is 1.10 bits per heavy atom. The van der Waals surface area contributed by atoms with Crippen molar-refractivity contribution in [3.63, 3.8) is 0 Å². The van der Waals surface area contributed by atoms with E-state index in [9.17, 15) is 14.4 Å². The van der Waals surface area contributed by atoms with Gasteiger partial charge in [0.05, 0.1) is 5.56 Å². The van der Waals surface area contributed by atoms with Gasteiger partial charge in [0.2, 0.25) is 11.8 Å². The molecule has 2 amide bonds. The number of likely N-dealkylation sites (tertiary alicyclic amines) is 1. The maximum atomic E-state index is 12.9. The molecule has 1 heterocycles. The minimum atomic E-state index is -0.529. The molecule has 1 fully saturated rings. The average Bonchev–Trinajstić information content (AvgIpc) is 3.12. The summed E-state index contributed by atoms with van der Waals surface area (Å²) in [7, 11) is 0. The Hall–Kier alpha value is -3.15. The van der Waals surface area contributed by atoms with Gasteiger partial charge < -0.3 is 15.0 Å². The highest BCUT2D eigenvalue weighted by atomic mass is 16.5. The summed E-state index contributed by atoms with van der Waals surface area (Å²) >= 11 is 0. The molecule has 29 heavy (non-hydrogen) atoms. The van der Waals surface area contributed by atoms with Crippen LogP contribution in [0.15, 0.2) is 54.6 Å². The summed E-state index contributed by atoms with van der Waals surface area (Å²) in [6, 6.07) is 15.6. The summed E-state index contributed by atoms with van der Waals surface area (Å²) in [4.78, 5) is 39.0. The number of carbonyl (C=O) groups is 3. The third-order valence-corrected chi connectivity index (χ3v) is 4.92. The number of nitrogens with one attached hydrogen (secondary N) is 1. The standard InChI is InChI=1S/C23H26N2O4/c1-16(2)21(25-13-7-12-20(25)26)22(27)24-19-11-6-10-18(14-19)23(28)29-15-17-8-4-3-5-9-17/h3-6,8-11,14,16,21H,7,12-13,15H2,1-2H3,(H,24,27). The van der Waals surface area contributed by atoms with Crippen molar-refractivity contribution in [2.24, 2.45) is 5.92 Å². The van der Waals surface area contributed by atoms with E-state index in [1.54, 1.807) is 29.2 Å². The Balaban J connectivity index is 1.66. The fourth-order valence-electron chi connectivity index (χ4n) is 3.51. The Morgan fingerprint density at radius 3 is 2.52 bits per heavy atom. The third kappa shape index (κ3) is 5.22. The van der Waals surface area contributed by atoms with E-state index in [4.69, 9.17) is 4.74 Å². The summed E-state index contributed by atoms with van der Waals surface area (Å²) in [6.07, 6.45) is 1.26. The van der Waals surface area contributed by atoms with Gasteiger partial charge in [0.1, 0.15) is 12.6 Å². The van der Waals surface area contributed by atoms with Crippen LogP contribution in [0, 0.1) is 5.92 Å². The summed E-state index contributed by atoms with van der Waals surface area (Å²) in [5.74, 6) is -0.710. The maximum Gasteiger partial charge on any atom is 0.338 e. The van der Waals surface area contributed by atoms with Gasteiger partial charge in [0.25, 0.3) is 0 Å². The molecule has 1 aliphatic heterocycles. The number of amides is 2. The Morgan fingerprint density at radius 2 is 1.86 bits per heavy atom. The second-order valence-electron chi connectivity index (χ2n) is 7.51. The number of ether oxygens (including phenoxy) is 1. The highest BCUT2D eigenvalue weighted by Gasteiger charge is 2.34. The molecule has 1 N–H and O–H groups in total. The van der Waals surface area contributed by atoms with Crippen LogP contribution in [0.5, 0.6) is 0 Å². The number of hydrogen-bond donors (Lipinski definition) is 1. The number of hydrogen-bond acceptors (Lipinski definition) is 4. The minimum Gasteiger partial charge on any atom is -0.457 e. The molecule has 3 rings (SSSR count). The van der Waals surface area contributed by atoms with Crippen LogP contribution in [0.1, 0.15) is 42.6 Å². The molecule has 0 aromatic heterocycles. The van der Waals surface area contributed by atoms with Crippen molar-refractivity contribution < 1.29 is 19.1 Å². The molecular formula is C23H26N2O4. The van der Waals surface area contributed by atoms with Crippen molar-refractivity contribution in [1.29, 1.82) is 0 Å². The summed E-state index contributed by atoms with van der Waals surface area (Å²) < 4.78 is 5.35. The number of anilines is 1. The van der Waals surface area contributed by atoms with Crippen molar-refractivity contribution in [3.8, 4) is 0 Å². The molecule has 0 spiro atoms. The molecule has 152 valence electrons. The first-order valence-electron chi connectivity index (χ1n) is 9.87. The van der Waals surface area contributed by atoms with Crippen LogP contribution < -0.4 is 5.32 Å². The second kappa shape index (κ2) is 9.37. The van der Waals surface area contributed by atoms with Crippen LogP contribution in [-0.2, 0) is 20.9 Å². The number of benzene rings is 2. The monoisotopic (exact) mass is 394 g/mol. The van der Waals surface area contributed by atoms with Crippen molar-refractivity contribution in [2.45, 2.75) is 39.3 Å². The van der Waals surface area contributed by atoms with Crippen LogP contribution in [0.4, 0.5) is 5.69 Å². The molecule has 0 bridgehead atoms. The molecule has 1 unspecified atom stereocenters. The van der Waals surface area contributed by atoms with E-state index in [0.29, 0.717) is 24.2 Å². The molecular weight excluding hydrogens is 368 g/mol. The molecule has 1 aliphatic rings. The lowest BCUT2D eigenvalue weighted by Crippen LogP contribution is -2.47. The zero-order chi connectivity index (χ0) is 20.8. The molecule has 2 aromatic rings. The van der Waals surface area contributed by atoms with Gasteiger partial charge in [-0.2, -0.15) is 0 Å². The van der Waals surface area contributed by atoms with Gasteiger partial charge in [-0.3, -0.25) is 9.59 Å². The number of esters is 1. The first kappa shape index (κ1) is 20.6. The lowest BCUT2D eigenvalue weighted by molar-refractivity contribution is -0.136. The molecule has 0 radical (unpaired) electrons. The van der Waals surface area contributed by atoms with Gasteiger partial charge in [-0.05, 0) is 36.1 Å². The maximum absolute atomic E-state index is 12.9. The highest BCUT2D eigenvalue weighted by Crippen LogP contribution is 2.21. The van der Waals surface area contributed by atoms with E-state index >= 15 is 0 Å². The fraction of sp³-hybridized carbons (Fsp3) is 0.348. The predicted octanol–water partition coefficient (Wildman–Crippen LogP) is 3.63. The first-order valence-corrected chi connectivity index (χ1v) is 9.87. The number of rotatable bonds is 7. The summed E-state index contributed by atoms with van der Waals surface area (Å²) in [6.45, 7) is 4.63. The highest BCUT2D eigenvalue weighted by molar-refractivity contribution is 5.99. The third-order valence-electron chi connectivity index (χ3n) is 4.92. The molecule has 6 nitrogen and oxygen atoms in total. The SMILES string of the molecule is CC(C)C(C(=O)Nc1cccc(C(=O)OCc2ccccc2)c1)N1CCCC1=O. The predicted molar refractivity (Wildman–Crippen MR) is 110 cm³/mol. The largest absolute Gasteiger partial charge is 0.457 e. The molecule has 1 saturated heterocycles. The van der Waals surface area contributed by atoms with Gasteiger partial charge in [-0.25, -0.2) is 4.79 Å². The molecule has 1 atom stereocenters. The van der Waals surface area contributed by atoms with E-state index < -0.39 is 12.0 Å². The van der Waals surface area contributed by atoms with E-state index in [0.717, 1.165) is 12.0 Å². The van der Waals surface area contributed by atoms with Crippen molar-refractivity contribution in [1.82, 2.24) is 4.90 Å². The Kier molecular flexibility index (Phi) is 6.65. The average molecular weight is 394 g/mol. The van der Waals surface area contributed by atoms with Crippen LogP contribution >= 0.6 is 0 Å². The van der Waals surface area contributed by atoms with Gasteiger partial charge >= 0.3 is 5.97 Å². The smallest absolute Gasteiger partial charge is 0.338 e. The lowest BCUT2D eigenvalue weighted by Gasteiger charge is -2.29. The van der Waals surface area contributed by atoms with Crippen LogP contribution in [0.3, 0.4) is 0 Å². The summed E-state index contributed by atoms with van der Waals surface area (Å²) in [5.41, 5.74) is 1.76. The Bertz CT molecular complexity index is 879. The second-order valence-corrected chi connectivity index (χ2v) is 7.51. The van der Waals surface area contributed by atoms with E-state index in [1.165, 1.54) is 0 Å². The first-order chi connectivity index (χ1) is 14.0. The Labute approximate surface area is 170 Å². The molecule has 2 aromatic carbocycles. The van der Waals surface area contributed by atoms with Crippen molar-refractivity contribution in [2.75, 3.05) is 11.9 Å². The normalized spacial score (nSPS) is 14.7. The van der Waals surface area contributed by atoms with E-state index in [1.807, 2.05) is 44.2 Å². The zero-order valence-electron chi connectivity index (χ0n) is 16.8. The molecule has 6 heteroatoms. The molecule has 0 aliphatic carbocycles. The lowest BCUT2D eigenvalue weighted by atomic mass is 10.0. The van der Waals surface area contributed by atoms with Crippen LogP contribution in [-0.4, -0.2) is 35.3 Å². The van der Waals surface area contributed by atoms with Gasteiger partial charge in [0, 0.05) is 18.7 Å². The summed E-state index contributed by atoms with van der Waals surface area (Å²) in [5, 5.41) is 2.85. The topological polar surface area (TPSA) is 75.7 Å². The van der Waals surface area contributed by atoms with Gasteiger partial charge in [0.15, 0.2) is 0 Å². The van der Waals surface area contributed by atoms with Gasteiger partial charge in [-0.1, -0.05) is 50.2 Å². The van der Waals surface area contributed by atoms with E-state index in [2.05, 4.69) is 5.32 Å². The van der Waals surface area contributed by atoms with Crippen LogP contribution in [0.2, 0.25) is 0 Å². The quantitative estimate of drug-likeness (QED) is 0.728. The van der Waals surface area contributed by atoms with Gasteiger partial charge in [-0.15, -0.1) is 0 Å². The van der Waals surface area contributed by atoms with Crippen LogP contribution in [0.25, 0.3) is 0 Å². The number of nitrogens with zero attached hydrogens (tertiary/aromatic N) is 1. The fourth-order valence-corrected chi connectivity index (χ4v) is 3.51.